The minimum atomic E-state index is -0.605. The van der Waals surface area contributed by atoms with Crippen molar-refractivity contribution >= 4 is 35.0 Å². The van der Waals surface area contributed by atoms with Crippen molar-refractivity contribution in [3.63, 3.8) is 0 Å². The molecule has 2 amide bonds. The maximum atomic E-state index is 12.7. The fourth-order valence-corrected chi connectivity index (χ4v) is 1.96. The minimum absolute atomic E-state index is 0.246. The van der Waals surface area contributed by atoms with Crippen molar-refractivity contribution in [3.05, 3.63) is 58.3 Å². The predicted octanol–water partition coefficient (Wildman–Crippen LogP) is 2.74. The van der Waals surface area contributed by atoms with Crippen LogP contribution in [-0.4, -0.2) is 25.0 Å². The molecular formula is C16H13Cl2FN2O4. The number of nitrogens with one attached hydrogen (secondary N) is 2. The van der Waals surface area contributed by atoms with E-state index in [9.17, 15) is 14.0 Å². The molecule has 2 aromatic rings. The van der Waals surface area contributed by atoms with E-state index in [4.69, 9.17) is 32.7 Å². The van der Waals surface area contributed by atoms with Crippen molar-refractivity contribution in [2.45, 2.75) is 0 Å². The Bertz CT molecular complexity index is 756. The first-order valence-corrected chi connectivity index (χ1v) is 7.73. The van der Waals surface area contributed by atoms with Gasteiger partial charge in [-0.25, -0.2) is 4.39 Å². The van der Waals surface area contributed by atoms with Crippen molar-refractivity contribution in [2.24, 2.45) is 0 Å². The van der Waals surface area contributed by atoms with Gasteiger partial charge in [0.05, 0.1) is 5.02 Å². The number of amides is 2. The zero-order valence-corrected chi connectivity index (χ0v) is 14.2. The number of benzene rings is 2. The second kappa shape index (κ2) is 9.10. The second-order valence-corrected chi connectivity index (χ2v) is 5.55. The molecular weight excluding hydrogens is 374 g/mol. The van der Waals surface area contributed by atoms with Gasteiger partial charge in [0.25, 0.3) is 11.8 Å². The summed E-state index contributed by atoms with van der Waals surface area (Å²) in [6.45, 7) is -0.730. The van der Waals surface area contributed by atoms with Crippen LogP contribution in [0.3, 0.4) is 0 Å². The molecule has 0 aliphatic carbocycles. The molecule has 0 saturated carbocycles. The minimum Gasteiger partial charge on any atom is -0.484 e. The molecule has 2 rings (SSSR count). The third kappa shape index (κ3) is 6.48. The Hall–Kier alpha value is -2.51. The van der Waals surface area contributed by atoms with Gasteiger partial charge in [-0.15, -0.1) is 0 Å². The first kappa shape index (κ1) is 18.8. The number of hydrogen-bond acceptors (Lipinski definition) is 4. The number of ether oxygens (including phenoxy) is 2. The normalized spacial score (nSPS) is 10.0. The monoisotopic (exact) mass is 386 g/mol. The van der Waals surface area contributed by atoms with Crippen LogP contribution in [0.1, 0.15) is 0 Å². The van der Waals surface area contributed by atoms with Gasteiger partial charge in [-0.05, 0) is 36.4 Å². The molecule has 132 valence electrons. The molecule has 0 radical (unpaired) electrons. The van der Waals surface area contributed by atoms with Crippen LogP contribution in [0.4, 0.5) is 4.39 Å². The number of rotatable bonds is 6. The Labute approximate surface area is 152 Å². The topological polar surface area (TPSA) is 76.7 Å². The standard InChI is InChI=1S/C16H13Cl2FN2O4/c17-10-1-6-13(18)14(7-10)25-9-16(23)21-20-15(22)8-24-12-4-2-11(19)3-5-12/h1-7H,8-9H2,(H,20,22)(H,21,23). The molecule has 0 aliphatic heterocycles. The van der Waals surface area contributed by atoms with E-state index in [2.05, 4.69) is 10.9 Å². The number of halogens is 3. The van der Waals surface area contributed by atoms with Crippen LogP contribution in [-0.2, 0) is 9.59 Å². The summed E-state index contributed by atoms with van der Waals surface area (Å²) in [4.78, 5) is 23.2. The highest BCUT2D eigenvalue weighted by molar-refractivity contribution is 6.34. The molecule has 0 fully saturated rings. The highest BCUT2D eigenvalue weighted by Gasteiger charge is 2.08. The molecule has 2 aromatic carbocycles. The molecule has 0 heterocycles. The largest absolute Gasteiger partial charge is 0.484 e. The third-order valence-corrected chi connectivity index (χ3v) is 3.32. The lowest BCUT2D eigenvalue weighted by atomic mass is 10.3. The first-order chi connectivity index (χ1) is 11.9. The quantitative estimate of drug-likeness (QED) is 0.748. The van der Waals surface area contributed by atoms with Crippen LogP contribution >= 0.6 is 23.2 Å². The summed E-state index contributed by atoms with van der Waals surface area (Å²) in [5.41, 5.74) is 4.30. The molecule has 0 unspecified atom stereocenters. The molecule has 0 aromatic heterocycles. The van der Waals surface area contributed by atoms with E-state index in [-0.39, 0.29) is 19.0 Å². The van der Waals surface area contributed by atoms with Crippen LogP contribution in [0, 0.1) is 5.82 Å². The van der Waals surface area contributed by atoms with Crippen LogP contribution in [0.15, 0.2) is 42.5 Å². The SMILES string of the molecule is O=C(COc1ccc(F)cc1)NNC(=O)COc1cc(Cl)ccc1Cl. The van der Waals surface area contributed by atoms with Gasteiger partial charge in [-0.2, -0.15) is 0 Å². The van der Waals surface area contributed by atoms with Gasteiger partial charge >= 0.3 is 0 Å². The summed E-state index contributed by atoms with van der Waals surface area (Å²) in [6.07, 6.45) is 0. The summed E-state index contributed by atoms with van der Waals surface area (Å²) < 4.78 is 23.1. The molecule has 2 N–H and O–H groups in total. The zero-order valence-electron chi connectivity index (χ0n) is 12.7. The second-order valence-electron chi connectivity index (χ2n) is 4.70. The summed E-state index contributed by atoms with van der Waals surface area (Å²) in [5, 5.41) is 0.708. The molecule has 0 spiro atoms. The molecule has 9 heteroatoms. The lowest BCUT2D eigenvalue weighted by molar-refractivity contribution is -0.131. The Morgan fingerprint density at radius 2 is 1.52 bits per heavy atom. The van der Waals surface area contributed by atoms with Gasteiger partial charge in [0, 0.05) is 11.1 Å². The number of hydrazine groups is 1. The predicted molar refractivity (Wildman–Crippen MR) is 90.1 cm³/mol. The average molecular weight is 387 g/mol. The van der Waals surface area contributed by atoms with E-state index in [0.29, 0.717) is 15.8 Å². The first-order valence-electron chi connectivity index (χ1n) is 6.98. The van der Waals surface area contributed by atoms with Crippen LogP contribution in [0.5, 0.6) is 11.5 Å². The highest BCUT2D eigenvalue weighted by Crippen LogP contribution is 2.27. The Morgan fingerprint density at radius 1 is 0.920 bits per heavy atom. The summed E-state index contributed by atoms with van der Waals surface area (Å²) in [7, 11) is 0. The Kier molecular flexibility index (Phi) is 6.85. The van der Waals surface area contributed by atoms with Crippen LogP contribution < -0.4 is 20.3 Å². The molecule has 0 aliphatic rings. The van der Waals surface area contributed by atoms with E-state index < -0.39 is 17.6 Å². The van der Waals surface area contributed by atoms with E-state index in [1.807, 2.05) is 0 Å². The molecule has 0 atom stereocenters. The van der Waals surface area contributed by atoms with Crippen molar-refractivity contribution in [1.29, 1.82) is 0 Å². The van der Waals surface area contributed by atoms with E-state index in [1.54, 1.807) is 6.07 Å². The van der Waals surface area contributed by atoms with E-state index in [1.165, 1.54) is 36.4 Å². The summed E-state index contributed by atoms with van der Waals surface area (Å²) in [5.74, 6) is -1.05. The van der Waals surface area contributed by atoms with Gasteiger partial charge in [0.15, 0.2) is 13.2 Å². The zero-order chi connectivity index (χ0) is 18.2. The van der Waals surface area contributed by atoms with Gasteiger partial charge in [-0.1, -0.05) is 23.2 Å². The Morgan fingerprint density at radius 3 is 2.16 bits per heavy atom. The number of hydrogen-bond donors (Lipinski definition) is 2. The van der Waals surface area contributed by atoms with Crippen molar-refractivity contribution in [2.75, 3.05) is 13.2 Å². The number of carbonyl (C=O) groups is 2. The van der Waals surface area contributed by atoms with Gasteiger partial charge in [0.1, 0.15) is 17.3 Å². The van der Waals surface area contributed by atoms with Crippen molar-refractivity contribution in [3.8, 4) is 11.5 Å². The summed E-state index contributed by atoms with van der Waals surface area (Å²) >= 11 is 11.7. The molecule has 0 bridgehead atoms. The fraction of sp³-hybridized carbons (Fsp3) is 0.125. The maximum Gasteiger partial charge on any atom is 0.276 e. The average Bonchev–Trinajstić information content (AvgIpc) is 2.60. The van der Waals surface area contributed by atoms with Gasteiger partial charge < -0.3 is 9.47 Å². The molecule has 6 nitrogen and oxygen atoms in total. The van der Waals surface area contributed by atoms with Gasteiger partial charge in [0.2, 0.25) is 0 Å². The van der Waals surface area contributed by atoms with Crippen molar-refractivity contribution in [1.82, 2.24) is 10.9 Å². The van der Waals surface area contributed by atoms with Crippen molar-refractivity contribution < 1.29 is 23.5 Å². The number of carbonyl (C=O) groups excluding carboxylic acids is 2. The third-order valence-electron chi connectivity index (χ3n) is 2.78. The lowest BCUT2D eigenvalue weighted by Crippen LogP contribution is -2.45. The molecule has 0 saturated heterocycles. The highest BCUT2D eigenvalue weighted by atomic mass is 35.5. The lowest BCUT2D eigenvalue weighted by Gasteiger charge is -2.10. The van der Waals surface area contributed by atoms with Crippen LogP contribution in [0.2, 0.25) is 10.0 Å². The Balaban J connectivity index is 1.69. The smallest absolute Gasteiger partial charge is 0.276 e. The fourth-order valence-electron chi connectivity index (χ4n) is 1.62. The van der Waals surface area contributed by atoms with Crippen LogP contribution in [0.25, 0.3) is 0 Å². The summed E-state index contributed by atoms with van der Waals surface area (Å²) in [6, 6.07) is 9.74. The molecule has 25 heavy (non-hydrogen) atoms. The van der Waals surface area contributed by atoms with E-state index in [0.717, 1.165) is 0 Å². The maximum absolute atomic E-state index is 12.7. The van der Waals surface area contributed by atoms with Gasteiger partial charge in [-0.3, -0.25) is 20.4 Å². The van der Waals surface area contributed by atoms with E-state index >= 15 is 0 Å².